The average molecular weight is 547 g/mol. The number of nitrogens with zero attached hydrogens (tertiary/aromatic N) is 3. The SMILES string of the molecule is CC(=O)c1ccc(C2=CC=C(N)Cc3[nH]c(-c4n[nH]c5ccc(-c6cncc(CN7CCCC7)c6)cc45)cc32)s1. The van der Waals surface area contributed by atoms with Gasteiger partial charge in [0.1, 0.15) is 5.69 Å². The van der Waals surface area contributed by atoms with Crippen molar-refractivity contribution in [2.24, 2.45) is 5.73 Å². The highest BCUT2D eigenvalue weighted by atomic mass is 32.1. The summed E-state index contributed by atoms with van der Waals surface area (Å²) >= 11 is 1.51. The first-order valence-electron chi connectivity index (χ1n) is 13.7. The minimum absolute atomic E-state index is 0.0751. The molecule has 1 saturated heterocycles. The molecule has 5 heterocycles. The number of thiophene rings is 1. The lowest BCUT2D eigenvalue weighted by Gasteiger charge is -2.14. The lowest BCUT2D eigenvalue weighted by Crippen LogP contribution is -2.18. The smallest absolute Gasteiger partial charge is 0.169 e. The molecule has 4 N–H and O–H groups in total. The molecule has 8 heteroatoms. The van der Waals surface area contributed by atoms with Gasteiger partial charge in [-0.1, -0.05) is 12.1 Å². The number of likely N-dealkylation sites (tertiary alicyclic amines) is 1. The first kappa shape index (κ1) is 24.7. The number of allylic oxidation sites excluding steroid dienone is 3. The van der Waals surface area contributed by atoms with E-state index in [0.717, 1.165) is 85.3 Å². The maximum Gasteiger partial charge on any atom is 0.169 e. The Morgan fingerprint density at radius 1 is 1.05 bits per heavy atom. The zero-order chi connectivity index (χ0) is 27.2. The number of aromatic amines is 2. The summed E-state index contributed by atoms with van der Waals surface area (Å²) in [6.45, 7) is 4.88. The molecule has 7 rings (SSSR count). The third kappa shape index (κ3) is 4.59. The molecule has 0 bridgehead atoms. The number of carbonyl (C=O) groups is 1. The second kappa shape index (κ2) is 10.0. The number of nitrogens with one attached hydrogen (secondary N) is 2. The predicted molar refractivity (Wildman–Crippen MR) is 161 cm³/mol. The Labute approximate surface area is 236 Å². The minimum Gasteiger partial charge on any atom is -0.402 e. The molecule has 2 aliphatic rings. The summed E-state index contributed by atoms with van der Waals surface area (Å²) in [4.78, 5) is 24.4. The number of hydrogen-bond donors (Lipinski definition) is 3. The number of rotatable bonds is 6. The number of nitrogens with two attached hydrogens (primary N) is 1. The summed E-state index contributed by atoms with van der Waals surface area (Å²) in [7, 11) is 0. The maximum absolute atomic E-state index is 12.0. The van der Waals surface area contributed by atoms with E-state index < -0.39 is 0 Å². The molecule has 1 fully saturated rings. The van der Waals surface area contributed by atoms with Crippen molar-refractivity contribution in [3.63, 3.8) is 0 Å². The van der Waals surface area contributed by atoms with Gasteiger partial charge in [-0.25, -0.2) is 0 Å². The second-order valence-electron chi connectivity index (χ2n) is 10.7. The van der Waals surface area contributed by atoms with Gasteiger partial charge >= 0.3 is 0 Å². The van der Waals surface area contributed by atoms with E-state index in [0.29, 0.717) is 6.42 Å². The van der Waals surface area contributed by atoms with Crippen LogP contribution in [0, 0.1) is 0 Å². The summed E-state index contributed by atoms with van der Waals surface area (Å²) in [6.07, 6.45) is 11.1. The summed E-state index contributed by atoms with van der Waals surface area (Å²) in [5, 5.41) is 8.96. The second-order valence-corrected chi connectivity index (χ2v) is 11.8. The Morgan fingerprint density at radius 2 is 1.93 bits per heavy atom. The predicted octanol–water partition coefficient (Wildman–Crippen LogP) is 6.31. The molecule has 7 nitrogen and oxygen atoms in total. The van der Waals surface area contributed by atoms with Gasteiger partial charge < -0.3 is 10.7 Å². The fourth-order valence-electron chi connectivity index (χ4n) is 5.76. The molecule has 0 spiro atoms. The lowest BCUT2D eigenvalue weighted by molar-refractivity contribution is 0.102. The number of aromatic nitrogens is 4. The quantitative estimate of drug-likeness (QED) is 0.217. The van der Waals surface area contributed by atoms with Crippen LogP contribution in [0.3, 0.4) is 0 Å². The molecule has 0 radical (unpaired) electrons. The maximum atomic E-state index is 12.0. The van der Waals surface area contributed by atoms with Crippen molar-refractivity contribution >= 4 is 33.6 Å². The standard InChI is InChI=1S/C32H30N6OS/c1-19(39)30-8-9-31(40-30)24-6-5-23(33)14-28-25(24)15-29(35-28)32-26-13-21(4-7-27(26)36-37-32)22-12-20(16-34-17-22)18-38-10-2-3-11-38/h4-9,12-13,15-17,35H,2-3,10-11,14,18,33H2,1H3,(H,36,37). The Bertz CT molecular complexity index is 1810. The summed E-state index contributed by atoms with van der Waals surface area (Å²) in [5.41, 5.74) is 16.5. The van der Waals surface area contributed by atoms with E-state index >= 15 is 0 Å². The molecule has 0 atom stereocenters. The van der Waals surface area contributed by atoms with Crippen LogP contribution in [0.25, 0.3) is 39.0 Å². The largest absolute Gasteiger partial charge is 0.402 e. The Hall–Kier alpha value is -4.27. The van der Waals surface area contributed by atoms with Crippen LogP contribution in [0.2, 0.25) is 0 Å². The molecule has 0 saturated carbocycles. The Morgan fingerprint density at radius 3 is 2.75 bits per heavy atom. The molecule has 0 amide bonds. The monoisotopic (exact) mass is 546 g/mol. The van der Waals surface area contributed by atoms with Gasteiger partial charge in [0.05, 0.1) is 16.1 Å². The van der Waals surface area contributed by atoms with Crippen LogP contribution in [0.15, 0.2) is 72.7 Å². The molecule has 200 valence electrons. The van der Waals surface area contributed by atoms with Gasteiger partial charge in [-0.05, 0) is 86.5 Å². The number of carbonyl (C=O) groups excluding carboxylic acids is 1. The number of fused-ring (bicyclic) bond motifs is 2. The van der Waals surface area contributed by atoms with E-state index in [-0.39, 0.29) is 5.78 Å². The Balaban J connectivity index is 1.26. The number of H-pyrrole nitrogens is 2. The van der Waals surface area contributed by atoms with E-state index in [2.05, 4.69) is 56.4 Å². The van der Waals surface area contributed by atoms with Gasteiger partial charge in [0, 0.05) is 63.7 Å². The molecular formula is C32H30N6OS. The van der Waals surface area contributed by atoms with Crippen LogP contribution >= 0.6 is 11.3 Å². The van der Waals surface area contributed by atoms with Crippen molar-refractivity contribution in [1.82, 2.24) is 25.1 Å². The molecule has 1 aliphatic heterocycles. The Kier molecular flexibility index (Phi) is 6.21. The van der Waals surface area contributed by atoms with Crippen molar-refractivity contribution in [2.45, 2.75) is 32.7 Å². The van der Waals surface area contributed by atoms with Crippen molar-refractivity contribution in [2.75, 3.05) is 13.1 Å². The highest BCUT2D eigenvalue weighted by molar-refractivity contribution is 7.15. The number of Topliss-reactive ketones (excluding diaryl/α,β-unsaturated/α-hetero) is 1. The summed E-state index contributed by atoms with van der Waals surface area (Å²) in [6, 6.07) is 14.7. The summed E-state index contributed by atoms with van der Waals surface area (Å²) < 4.78 is 0. The number of ketones is 1. The van der Waals surface area contributed by atoms with Crippen LogP contribution in [0.4, 0.5) is 0 Å². The molecule has 1 aromatic carbocycles. The molecule has 1 aliphatic carbocycles. The third-order valence-electron chi connectivity index (χ3n) is 7.80. The first-order chi connectivity index (χ1) is 19.5. The van der Waals surface area contributed by atoms with Crippen LogP contribution in [0.5, 0.6) is 0 Å². The normalized spacial score (nSPS) is 15.6. The van der Waals surface area contributed by atoms with Gasteiger partial charge in [0.25, 0.3) is 0 Å². The number of benzene rings is 1. The van der Waals surface area contributed by atoms with Crippen LogP contribution < -0.4 is 5.73 Å². The van der Waals surface area contributed by atoms with Gasteiger partial charge in [-0.15, -0.1) is 11.3 Å². The van der Waals surface area contributed by atoms with Gasteiger partial charge in [0.15, 0.2) is 5.78 Å². The topological polar surface area (TPSA) is 104 Å². The van der Waals surface area contributed by atoms with Gasteiger partial charge in [0.2, 0.25) is 0 Å². The molecular weight excluding hydrogens is 516 g/mol. The molecule has 4 aromatic heterocycles. The van der Waals surface area contributed by atoms with E-state index in [4.69, 9.17) is 10.8 Å². The molecule has 5 aromatic rings. The number of hydrogen-bond acceptors (Lipinski definition) is 6. The molecule has 40 heavy (non-hydrogen) atoms. The fraction of sp³-hybridized carbons (Fsp3) is 0.219. The first-order valence-corrected chi connectivity index (χ1v) is 14.5. The lowest BCUT2D eigenvalue weighted by atomic mass is 10.0. The minimum atomic E-state index is 0.0751. The van der Waals surface area contributed by atoms with Crippen molar-refractivity contribution < 1.29 is 4.79 Å². The van der Waals surface area contributed by atoms with E-state index in [1.807, 2.05) is 30.6 Å². The fourth-order valence-corrected chi connectivity index (χ4v) is 6.71. The third-order valence-corrected chi connectivity index (χ3v) is 9.02. The van der Waals surface area contributed by atoms with E-state index in [9.17, 15) is 4.79 Å². The molecule has 0 unspecified atom stereocenters. The van der Waals surface area contributed by atoms with Crippen molar-refractivity contribution in [3.8, 4) is 22.5 Å². The van der Waals surface area contributed by atoms with Gasteiger partial charge in [-0.2, -0.15) is 5.10 Å². The van der Waals surface area contributed by atoms with E-state index in [1.165, 1.54) is 29.7 Å². The highest BCUT2D eigenvalue weighted by Gasteiger charge is 2.21. The number of pyridine rings is 1. The van der Waals surface area contributed by atoms with Crippen molar-refractivity contribution in [1.29, 1.82) is 0 Å². The van der Waals surface area contributed by atoms with Crippen LogP contribution in [-0.4, -0.2) is 43.9 Å². The zero-order valence-electron chi connectivity index (χ0n) is 22.3. The average Bonchev–Trinajstić information content (AvgIpc) is 3.76. The summed E-state index contributed by atoms with van der Waals surface area (Å²) in [5.74, 6) is 0.0751. The van der Waals surface area contributed by atoms with Crippen LogP contribution in [0.1, 0.15) is 51.1 Å². The van der Waals surface area contributed by atoms with Crippen LogP contribution in [-0.2, 0) is 13.0 Å². The highest BCUT2D eigenvalue weighted by Crippen LogP contribution is 2.38. The van der Waals surface area contributed by atoms with Gasteiger partial charge in [-0.3, -0.25) is 19.8 Å². The zero-order valence-corrected chi connectivity index (χ0v) is 23.1. The van der Waals surface area contributed by atoms with Crippen molar-refractivity contribution in [3.05, 3.63) is 99.3 Å². The van der Waals surface area contributed by atoms with E-state index in [1.54, 1.807) is 6.92 Å².